The quantitative estimate of drug-likeness (QED) is 0.849. The first kappa shape index (κ1) is 16.9. The number of amides is 1. The molecule has 4 nitrogen and oxygen atoms in total. The fraction of sp³-hybridized carbons (Fsp3) is 0.364. The predicted octanol–water partition coefficient (Wildman–Crippen LogP) is 2.67. The van der Waals surface area contributed by atoms with Crippen LogP contribution in [0.25, 0.3) is 0 Å². The SMILES string of the molecule is NC(=O)c1c(OCC(F)(F)F)cccc1OCC(F)(F)F. The Kier molecular flexibility index (Phi) is 4.92. The Morgan fingerprint density at radius 3 is 1.62 bits per heavy atom. The van der Waals surface area contributed by atoms with Gasteiger partial charge in [-0.05, 0) is 12.1 Å². The largest absolute Gasteiger partial charge is 0.483 e. The fourth-order valence-corrected chi connectivity index (χ4v) is 1.31. The summed E-state index contributed by atoms with van der Waals surface area (Å²) >= 11 is 0. The van der Waals surface area contributed by atoms with Gasteiger partial charge < -0.3 is 15.2 Å². The van der Waals surface area contributed by atoms with Crippen LogP contribution in [0.2, 0.25) is 0 Å². The highest BCUT2D eigenvalue weighted by Gasteiger charge is 2.31. The molecule has 1 aromatic rings. The zero-order valence-electron chi connectivity index (χ0n) is 10.2. The summed E-state index contributed by atoms with van der Waals surface area (Å²) in [4.78, 5) is 11.2. The topological polar surface area (TPSA) is 61.6 Å². The Morgan fingerprint density at radius 1 is 0.952 bits per heavy atom. The molecule has 0 aliphatic heterocycles. The maximum atomic E-state index is 12.1. The van der Waals surface area contributed by atoms with Crippen LogP contribution in [0.4, 0.5) is 26.3 Å². The number of ether oxygens (including phenoxy) is 2. The second kappa shape index (κ2) is 6.10. The van der Waals surface area contributed by atoms with E-state index in [-0.39, 0.29) is 0 Å². The number of benzene rings is 1. The number of alkyl halides is 6. The molecule has 0 spiro atoms. The van der Waals surface area contributed by atoms with Crippen LogP contribution in [-0.4, -0.2) is 31.5 Å². The highest BCUT2D eigenvalue weighted by Crippen LogP contribution is 2.30. The lowest BCUT2D eigenvalue weighted by Crippen LogP contribution is -2.23. The smallest absolute Gasteiger partial charge is 0.422 e. The van der Waals surface area contributed by atoms with E-state index >= 15 is 0 Å². The van der Waals surface area contributed by atoms with Gasteiger partial charge in [-0.15, -0.1) is 0 Å². The van der Waals surface area contributed by atoms with Gasteiger partial charge in [0, 0.05) is 0 Å². The van der Waals surface area contributed by atoms with Gasteiger partial charge in [-0.1, -0.05) is 6.07 Å². The van der Waals surface area contributed by atoms with E-state index in [1.807, 2.05) is 0 Å². The van der Waals surface area contributed by atoms with E-state index in [0.29, 0.717) is 0 Å². The Morgan fingerprint density at radius 2 is 1.33 bits per heavy atom. The standard InChI is InChI=1S/C11H9F6NO3/c12-10(13,14)4-20-6-2-1-3-7(8(6)9(18)19)21-5-11(15,16)17/h1-3H,4-5H2,(H2,18,19). The Bertz CT molecular complexity index is 475. The van der Waals surface area contributed by atoms with Crippen LogP contribution < -0.4 is 15.2 Å². The van der Waals surface area contributed by atoms with E-state index in [1.54, 1.807) is 0 Å². The number of halogens is 6. The summed E-state index contributed by atoms with van der Waals surface area (Å²) < 4.78 is 81.0. The van der Waals surface area contributed by atoms with Crippen molar-refractivity contribution in [1.82, 2.24) is 0 Å². The van der Waals surface area contributed by atoms with Gasteiger partial charge in [0.05, 0.1) is 0 Å². The first-order valence-electron chi connectivity index (χ1n) is 5.31. The van der Waals surface area contributed by atoms with E-state index in [9.17, 15) is 31.1 Å². The van der Waals surface area contributed by atoms with Gasteiger partial charge in [-0.3, -0.25) is 4.79 Å². The molecule has 0 fully saturated rings. The first-order chi connectivity index (χ1) is 9.49. The molecule has 1 rings (SSSR count). The van der Waals surface area contributed by atoms with Gasteiger partial charge >= 0.3 is 12.4 Å². The van der Waals surface area contributed by atoms with Crippen molar-refractivity contribution in [3.8, 4) is 11.5 Å². The fourth-order valence-electron chi connectivity index (χ4n) is 1.31. The number of hydrogen-bond donors (Lipinski definition) is 1. The average molecular weight is 317 g/mol. The van der Waals surface area contributed by atoms with E-state index in [1.165, 1.54) is 0 Å². The van der Waals surface area contributed by atoms with E-state index in [4.69, 9.17) is 5.73 Å². The number of nitrogens with two attached hydrogens (primary N) is 1. The zero-order valence-corrected chi connectivity index (χ0v) is 10.2. The normalized spacial score (nSPS) is 12.1. The maximum absolute atomic E-state index is 12.1. The second-order valence-electron chi connectivity index (χ2n) is 3.80. The average Bonchev–Trinajstić information content (AvgIpc) is 2.31. The lowest BCUT2D eigenvalue weighted by atomic mass is 10.1. The van der Waals surface area contributed by atoms with Crippen LogP contribution in [0.5, 0.6) is 11.5 Å². The molecule has 0 unspecified atom stereocenters. The van der Waals surface area contributed by atoms with Crippen LogP contribution in [0.15, 0.2) is 18.2 Å². The molecule has 0 atom stereocenters. The van der Waals surface area contributed by atoms with Crippen molar-refractivity contribution in [2.45, 2.75) is 12.4 Å². The molecule has 0 aliphatic carbocycles. The molecule has 1 aromatic carbocycles. The summed E-state index contributed by atoms with van der Waals surface area (Å²) in [5.41, 5.74) is 4.24. The lowest BCUT2D eigenvalue weighted by molar-refractivity contribution is -0.154. The van der Waals surface area contributed by atoms with Gasteiger partial charge in [0.2, 0.25) is 0 Å². The van der Waals surface area contributed by atoms with Crippen LogP contribution in [0.3, 0.4) is 0 Å². The maximum Gasteiger partial charge on any atom is 0.422 e. The molecule has 21 heavy (non-hydrogen) atoms. The molecule has 0 saturated heterocycles. The summed E-state index contributed by atoms with van der Waals surface area (Å²) in [6, 6.07) is 3.00. The molecule has 10 heteroatoms. The third-order valence-corrected chi connectivity index (χ3v) is 2.02. The summed E-state index contributed by atoms with van der Waals surface area (Å²) in [6.07, 6.45) is -9.37. The summed E-state index contributed by atoms with van der Waals surface area (Å²) in [7, 11) is 0. The molecule has 0 saturated carbocycles. The Labute approximate surface area is 114 Å². The molecule has 1 amide bonds. The minimum Gasteiger partial charge on any atom is -0.483 e. The highest BCUT2D eigenvalue weighted by molar-refractivity contribution is 5.98. The molecule has 0 heterocycles. The molecular weight excluding hydrogens is 308 g/mol. The van der Waals surface area contributed by atoms with Crippen LogP contribution >= 0.6 is 0 Å². The molecule has 0 aliphatic rings. The number of carbonyl (C=O) groups is 1. The third-order valence-electron chi connectivity index (χ3n) is 2.02. The van der Waals surface area contributed by atoms with Crippen molar-refractivity contribution in [3.63, 3.8) is 0 Å². The van der Waals surface area contributed by atoms with Gasteiger partial charge in [0.1, 0.15) is 17.1 Å². The van der Waals surface area contributed by atoms with Crippen molar-refractivity contribution in [2.24, 2.45) is 5.73 Å². The molecule has 0 bridgehead atoms. The van der Waals surface area contributed by atoms with E-state index in [2.05, 4.69) is 9.47 Å². The van der Waals surface area contributed by atoms with Crippen molar-refractivity contribution in [3.05, 3.63) is 23.8 Å². The van der Waals surface area contributed by atoms with E-state index in [0.717, 1.165) is 18.2 Å². The van der Waals surface area contributed by atoms with Crippen LogP contribution in [0, 0.1) is 0 Å². The zero-order chi connectivity index (χ0) is 16.3. The third kappa shape index (κ3) is 5.79. The van der Waals surface area contributed by atoms with Crippen molar-refractivity contribution < 1.29 is 40.6 Å². The van der Waals surface area contributed by atoms with Gasteiger partial charge in [0.15, 0.2) is 13.2 Å². The molecule has 0 radical (unpaired) electrons. The Hall–Kier alpha value is -2.13. The predicted molar refractivity (Wildman–Crippen MR) is 58.1 cm³/mol. The second-order valence-corrected chi connectivity index (χ2v) is 3.80. The number of carbonyl (C=O) groups excluding carboxylic acids is 1. The Balaban J connectivity index is 3.01. The van der Waals surface area contributed by atoms with Crippen LogP contribution in [0.1, 0.15) is 10.4 Å². The first-order valence-corrected chi connectivity index (χ1v) is 5.31. The minimum atomic E-state index is -4.68. The summed E-state index contributed by atoms with van der Waals surface area (Å²) in [5, 5.41) is 0. The minimum absolute atomic E-state index is 0.612. The number of rotatable bonds is 5. The monoisotopic (exact) mass is 317 g/mol. The van der Waals surface area contributed by atoms with Gasteiger partial charge in [-0.25, -0.2) is 0 Å². The lowest BCUT2D eigenvalue weighted by Gasteiger charge is -2.15. The van der Waals surface area contributed by atoms with Gasteiger partial charge in [-0.2, -0.15) is 26.3 Å². The summed E-state index contributed by atoms with van der Waals surface area (Å²) in [5.74, 6) is -2.50. The van der Waals surface area contributed by atoms with Crippen molar-refractivity contribution >= 4 is 5.91 Å². The van der Waals surface area contributed by atoms with Crippen LogP contribution in [-0.2, 0) is 0 Å². The molecule has 118 valence electrons. The summed E-state index contributed by atoms with van der Waals surface area (Å²) in [6.45, 7) is -3.45. The van der Waals surface area contributed by atoms with E-state index < -0.39 is 48.5 Å². The molecular formula is C11H9F6NO3. The highest BCUT2D eigenvalue weighted by atomic mass is 19.4. The van der Waals surface area contributed by atoms with Gasteiger partial charge in [0.25, 0.3) is 5.91 Å². The number of primary amides is 1. The molecule has 2 N–H and O–H groups in total. The number of hydrogen-bond acceptors (Lipinski definition) is 3. The van der Waals surface area contributed by atoms with Crippen molar-refractivity contribution in [1.29, 1.82) is 0 Å². The van der Waals surface area contributed by atoms with Crippen molar-refractivity contribution in [2.75, 3.05) is 13.2 Å². The molecule has 0 aromatic heterocycles.